The molecule has 0 saturated carbocycles. The predicted molar refractivity (Wildman–Crippen MR) is 97.7 cm³/mol. The van der Waals surface area contributed by atoms with Crippen molar-refractivity contribution >= 4 is 11.0 Å². The molecular formula is C20H22N2O4. The molecule has 4 rings (SSSR count). The molecule has 1 aliphatic heterocycles. The van der Waals surface area contributed by atoms with Crippen LogP contribution in [0.4, 0.5) is 0 Å². The summed E-state index contributed by atoms with van der Waals surface area (Å²) in [4.78, 5) is 4.45. The van der Waals surface area contributed by atoms with Gasteiger partial charge in [0.1, 0.15) is 18.3 Å². The van der Waals surface area contributed by atoms with Crippen LogP contribution in [0.2, 0.25) is 0 Å². The minimum Gasteiger partial charge on any atom is -0.394 e. The average Bonchev–Trinajstić information content (AvgIpc) is 3.16. The summed E-state index contributed by atoms with van der Waals surface area (Å²) >= 11 is 0. The standard InChI is InChI=1S/C20H22N2O4/c1-11-4-3-5-12(2)17(11)13-6-7-15-14(8-13)21-10-22(15)20-19(25)18(24)16(9-23)26-20/h3-8,10,16,18-20,23-25H,9H2,1-2H3/t16-,18-,19-,20-/m1/s1. The van der Waals surface area contributed by atoms with Gasteiger partial charge >= 0.3 is 0 Å². The highest BCUT2D eigenvalue weighted by Gasteiger charge is 2.43. The van der Waals surface area contributed by atoms with E-state index < -0.39 is 24.5 Å². The van der Waals surface area contributed by atoms with Crippen LogP contribution < -0.4 is 0 Å². The van der Waals surface area contributed by atoms with Gasteiger partial charge in [0.2, 0.25) is 0 Å². The van der Waals surface area contributed by atoms with Gasteiger partial charge in [-0.1, -0.05) is 24.3 Å². The van der Waals surface area contributed by atoms with E-state index in [1.807, 2.05) is 24.3 Å². The van der Waals surface area contributed by atoms with E-state index in [-0.39, 0.29) is 6.61 Å². The first-order valence-electron chi connectivity index (χ1n) is 8.67. The Kier molecular flexibility index (Phi) is 4.28. The molecule has 0 bridgehead atoms. The highest BCUT2D eigenvalue weighted by Crippen LogP contribution is 2.34. The third-order valence-corrected chi connectivity index (χ3v) is 5.14. The van der Waals surface area contributed by atoms with Gasteiger partial charge in [-0.25, -0.2) is 4.98 Å². The third-order valence-electron chi connectivity index (χ3n) is 5.14. The molecule has 0 aliphatic carbocycles. The summed E-state index contributed by atoms with van der Waals surface area (Å²) in [6.07, 6.45) is -2.24. The smallest absolute Gasteiger partial charge is 0.164 e. The Balaban J connectivity index is 1.75. The van der Waals surface area contributed by atoms with Gasteiger partial charge in [0, 0.05) is 0 Å². The number of hydrogen-bond acceptors (Lipinski definition) is 5. The number of aryl methyl sites for hydroxylation is 2. The third kappa shape index (κ3) is 2.62. The van der Waals surface area contributed by atoms with E-state index in [9.17, 15) is 15.3 Å². The van der Waals surface area contributed by atoms with Gasteiger partial charge in [0.25, 0.3) is 0 Å². The zero-order valence-electron chi connectivity index (χ0n) is 14.7. The lowest BCUT2D eigenvalue weighted by atomic mass is 9.95. The van der Waals surface area contributed by atoms with E-state index in [4.69, 9.17) is 4.74 Å². The SMILES string of the molecule is Cc1cccc(C)c1-c1ccc2c(c1)ncn2[C@@H]1O[C@H](CO)[C@@H](O)[C@H]1O. The Morgan fingerprint density at radius 1 is 1.08 bits per heavy atom. The lowest BCUT2D eigenvalue weighted by Crippen LogP contribution is -2.33. The van der Waals surface area contributed by atoms with E-state index in [1.165, 1.54) is 16.7 Å². The van der Waals surface area contributed by atoms with Gasteiger partial charge in [-0.3, -0.25) is 0 Å². The number of imidazole rings is 1. The second-order valence-electron chi connectivity index (χ2n) is 6.85. The van der Waals surface area contributed by atoms with Crippen LogP contribution in [0.5, 0.6) is 0 Å². The largest absolute Gasteiger partial charge is 0.394 e. The molecule has 26 heavy (non-hydrogen) atoms. The van der Waals surface area contributed by atoms with Crippen molar-refractivity contribution in [3.63, 3.8) is 0 Å². The monoisotopic (exact) mass is 354 g/mol. The molecule has 1 aromatic heterocycles. The van der Waals surface area contributed by atoms with Crippen LogP contribution in [0.15, 0.2) is 42.7 Å². The van der Waals surface area contributed by atoms with E-state index >= 15 is 0 Å². The number of rotatable bonds is 3. The fourth-order valence-electron chi connectivity index (χ4n) is 3.77. The van der Waals surface area contributed by atoms with E-state index in [0.29, 0.717) is 0 Å². The van der Waals surface area contributed by atoms with Crippen molar-refractivity contribution in [2.24, 2.45) is 0 Å². The van der Waals surface area contributed by atoms with E-state index in [1.54, 1.807) is 10.9 Å². The molecular weight excluding hydrogens is 332 g/mol. The van der Waals surface area contributed by atoms with Gasteiger partial charge in [0.05, 0.1) is 24.0 Å². The zero-order valence-corrected chi connectivity index (χ0v) is 14.7. The molecule has 3 N–H and O–H groups in total. The highest BCUT2D eigenvalue weighted by atomic mass is 16.6. The van der Waals surface area contributed by atoms with E-state index in [0.717, 1.165) is 16.6 Å². The molecule has 0 radical (unpaired) electrons. The van der Waals surface area contributed by atoms with Crippen LogP contribution in [0.1, 0.15) is 17.4 Å². The molecule has 4 atom stereocenters. The lowest BCUT2D eigenvalue weighted by Gasteiger charge is -2.17. The Labute approximate surface area is 151 Å². The first kappa shape index (κ1) is 17.2. The van der Waals surface area contributed by atoms with Crippen molar-refractivity contribution in [3.8, 4) is 11.1 Å². The number of aliphatic hydroxyl groups excluding tert-OH is 3. The summed E-state index contributed by atoms with van der Waals surface area (Å²) in [5, 5.41) is 29.5. The minimum absolute atomic E-state index is 0.349. The molecule has 1 saturated heterocycles. The minimum atomic E-state index is -1.13. The van der Waals surface area contributed by atoms with Gasteiger partial charge in [-0.15, -0.1) is 0 Å². The van der Waals surface area contributed by atoms with Gasteiger partial charge < -0.3 is 24.6 Å². The predicted octanol–water partition coefficient (Wildman–Crippen LogP) is 1.93. The van der Waals surface area contributed by atoms with Crippen LogP contribution in [-0.4, -0.2) is 49.8 Å². The Morgan fingerprint density at radius 3 is 2.46 bits per heavy atom. The van der Waals surface area contributed by atoms with Gasteiger partial charge in [-0.05, 0) is 48.2 Å². The van der Waals surface area contributed by atoms with Crippen LogP contribution in [0, 0.1) is 13.8 Å². The molecule has 0 spiro atoms. The van der Waals surface area contributed by atoms with Crippen molar-refractivity contribution < 1.29 is 20.1 Å². The number of benzene rings is 2. The molecule has 0 amide bonds. The molecule has 136 valence electrons. The summed E-state index contributed by atoms with van der Waals surface area (Å²) < 4.78 is 7.32. The van der Waals surface area contributed by atoms with Crippen LogP contribution >= 0.6 is 0 Å². The molecule has 3 aromatic rings. The first-order valence-corrected chi connectivity index (χ1v) is 8.67. The highest BCUT2D eigenvalue weighted by molar-refractivity contribution is 5.84. The summed E-state index contributed by atoms with van der Waals surface area (Å²) in [6, 6.07) is 12.2. The van der Waals surface area contributed by atoms with Crippen LogP contribution in [0.25, 0.3) is 22.2 Å². The average molecular weight is 354 g/mol. The number of nitrogens with zero attached hydrogens (tertiary/aromatic N) is 2. The summed E-state index contributed by atoms with van der Waals surface area (Å²) in [5.41, 5.74) is 6.26. The van der Waals surface area contributed by atoms with E-state index in [2.05, 4.69) is 31.0 Å². The fraction of sp³-hybridized carbons (Fsp3) is 0.350. The summed E-state index contributed by atoms with van der Waals surface area (Å²) in [6.45, 7) is 3.83. The Morgan fingerprint density at radius 2 is 1.81 bits per heavy atom. The Hall–Kier alpha value is -2.25. The van der Waals surface area contributed by atoms with Crippen molar-refractivity contribution in [1.29, 1.82) is 0 Å². The van der Waals surface area contributed by atoms with Crippen LogP contribution in [-0.2, 0) is 4.74 Å². The summed E-state index contributed by atoms with van der Waals surface area (Å²) in [7, 11) is 0. The van der Waals surface area contributed by atoms with Crippen molar-refractivity contribution in [3.05, 3.63) is 53.9 Å². The zero-order chi connectivity index (χ0) is 18.4. The normalized spacial score (nSPS) is 25.9. The summed E-state index contributed by atoms with van der Waals surface area (Å²) in [5.74, 6) is 0. The molecule has 6 heteroatoms. The van der Waals surface area contributed by atoms with Crippen molar-refractivity contribution in [1.82, 2.24) is 9.55 Å². The maximum Gasteiger partial charge on any atom is 0.164 e. The molecule has 6 nitrogen and oxygen atoms in total. The first-order chi connectivity index (χ1) is 12.5. The lowest BCUT2D eigenvalue weighted by molar-refractivity contribution is -0.0508. The molecule has 0 unspecified atom stereocenters. The van der Waals surface area contributed by atoms with Crippen LogP contribution in [0.3, 0.4) is 0 Å². The molecule has 1 aliphatic rings. The quantitative estimate of drug-likeness (QED) is 0.669. The van der Waals surface area contributed by atoms with Crippen molar-refractivity contribution in [2.75, 3.05) is 6.61 Å². The second-order valence-corrected chi connectivity index (χ2v) is 6.85. The molecule has 2 heterocycles. The molecule has 1 fully saturated rings. The maximum absolute atomic E-state index is 10.3. The van der Waals surface area contributed by atoms with Crippen molar-refractivity contribution in [2.45, 2.75) is 38.4 Å². The van der Waals surface area contributed by atoms with Gasteiger partial charge in [-0.2, -0.15) is 0 Å². The number of ether oxygens (including phenoxy) is 1. The number of aliphatic hydroxyl groups is 3. The fourth-order valence-corrected chi connectivity index (χ4v) is 3.77. The van der Waals surface area contributed by atoms with Gasteiger partial charge in [0.15, 0.2) is 6.23 Å². The number of hydrogen-bond donors (Lipinski definition) is 3. The number of fused-ring (bicyclic) bond motifs is 1. The topological polar surface area (TPSA) is 87.7 Å². The molecule has 2 aromatic carbocycles. The Bertz CT molecular complexity index is 932. The second kappa shape index (κ2) is 6.48. The number of aromatic nitrogens is 2. The maximum atomic E-state index is 10.3.